The number of hydrogen-bond donors (Lipinski definition) is 0. The molecule has 0 aromatic heterocycles. The number of hydrogen-bond acceptors (Lipinski definition) is 2. The largest absolute Gasteiger partial charge is 0.302 e. The predicted molar refractivity (Wildman–Crippen MR) is 85.9 cm³/mol. The van der Waals surface area contributed by atoms with Gasteiger partial charge >= 0.3 is 0 Å². The van der Waals surface area contributed by atoms with E-state index in [4.69, 9.17) is 0 Å². The molecule has 0 N–H and O–H groups in total. The first-order valence-electron chi connectivity index (χ1n) is 8.89. The topological polar surface area (TPSA) is 6.48 Å². The van der Waals surface area contributed by atoms with Crippen LogP contribution in [0.5, 0.6) is 0 Å². The summed E-state index contributed by atoms with van der Waals surface area (Å²) in [7, 11) is 0. The molecule has 20 heavy (non-hydrogen) atoms. The maximum absolute atomic E-state index is 2.78. The van der Waals surface area contributed by atoms with E-state index < -0.39 is 0 Å². The third-order valence-corrected chi connectivity index (χ3v) is 6.06. The molecule has 0 amide bonds. The van der Waals surface area contributed by atoms with Crippen LogP contribution in [0.2, 0.25) is 0 Å². The molecule has 0 aromatic carbocycles. The van der Waals surface area contributed by atoms with Gasteiger partial charge in [-0.25, -0.2) is 0 Å². The van der Waals surface area contributed by atoms with Gasteiger partial charge in [0.15, 0.2) is 0 Å². The maximum Gasteiger partial charge on any atom is 0.00517 e. The van der Waals surface area contributed by atoms with E-state index in [1.54, 1.807) is 0 Å². The zero-order valence-electron chi connectivity index (χ0n) is 14.1. The Morgan fingerprint density at radius 3 is 1.95 bits per heavy atom. The molecular formula is C18H34N2. The fraction of sp³-hybridized carbons (Fsp3) is 1.00. The molecular weight excluding hydrogens is 244 g/mol. The lowest BCUT2D eigenvalue weighted by molar-refractivity contribution is -0.0609. The molecule has 1 saturated carbocycles. The second-order valence-corrected chi connectivity index (χ2v) is 8.87. The molecule has 0 radical (unpaired) electrons. The summed E-state index contributed by atoms with van der Waals surface area (Å²) < 4.78 is 0. The highest BCUT2D eigenvalue weighted by atomic mass is 15.2. The van der Waals surface area contributed by atoms with Gasteiger partial charge in [0.05, 0.1) is 0 Å². The molecule has 0 bridgehead atoms. The minimum absolute atomic E-state index is 0.708. The summed E-state index contributed by atoms with van der Waals surface area (Å²) in [5.41, 5.74) is 1.44. The Kier molecular flexibility index (Phi) is 3.92. The minimum atomic E-state index is 0.708. The van der Waals surface area contributed by atoms with E-state index in [1.165, 1.54) is 64.8 Å². The van der Waals surface area contributed by atoms with Gasteiger partial charge < -0.3 is 9.80 Å². The lowest BCUT2D eigenvalue weighted by Gasteiger charge is -2.55. The van der Waals surface area contributed by atoms with E-state index in [2.05, 4.69) is 37.5 Å². The molecule has 3 rings (SSSR count). The first-order chi connectivity index (χ1) is 9.42. The van der Waals surface area contributed by atoms with Crippen molar-refractivity contribution in [3.63, 3.8) is 0 Å². The van der Waals surface area contributed by atoms with E-state index in [1.807, 2.05) is 0 Å². The Bertz CT molecular complexity index is 327. The van der Waals surface area contributed by atoms with Gasteiger partial charge in [-0.1, -0.05) is 13.8 Å². The quantitative estimate of drug-likeness (QED) is 0.758. The van der Waals surface area contributed by atoms with E-state index in [9.17, 15) is 0 Å². The number of rotatable bonds is 5. The van der Waals surface area contributed by atoms with Crippen molar-refractivity contribution in [1.82, 2.24) is 9.80 Å². The summed E-state index contributed by atoms with van der Waals surface area (Å²) in [6.45, 7) is 16.3. The van der Waals surface area contributed by atoms with Crippen LogP contribution in [-0.4, -0.2) is 48.6 Å². The Morgan fingerprint density at radius 2 is 1.50 bits per heavy atom. The summed E-state index contributed by atoms with van der Waals surface area (Å²) in [6.07, 6.45) is 7.33. The summed E-state index contributed by atoms with van der Waals surface area (Å²) in [6, 6.07) is 0.740. The summed E-state index contributed by atoms with van der Waals surface area (Å²) in [5.74, 6) is 0.877. The molecule has 2 heteroatoms. The van der Waals surface area contributed by atoms with Crippen molar-refractivity contribution in [3.05, 3.63) is 0 Å². The highest BCUT2D eigenvalue weighted by Gasteiger charge is 2.50. The van der Waals surface area contributed by atoms with Crippen molar-refractivity contribution in [2.45, 2.75) is 65.8 Å². The van der Waals surface area contributed by atoms with Crippen molar-refractivity contribution in [2.75, 3.05) is 32.7 Å². The standard InChI is InChI=1S/C18H34N2/c1-15(2)11-17(5-6-17)12-19-13-18(14-19)7-9-20(10-8-18)16(3)4/h15-16H,5-14H2,1-4H3. The van der Waals surface area contributed by atoms with Crippen LogP contribution in [0, 0.1) is 16.7 Å². The van der Waals surface area contributed by atoms with Crippen molar-refractivity contribution >= 4 is 0 Å². The van der Waals surface area contributed by atoms with Gasteiger partial charge in [0.2, 0.25) is 0 Å². The fourth-order valence-corrected chi connectivity index (χ4v) is 4.79. The van der Waals surface area contributed by atoms with Crippen LogP contribution in [0.1, 0.15) is 59.8 Å². The zero-order valence-corrected chi connectivity index (χ0v) is 14.1. The average molecular weight is 278 g/mol. The molecule has 1 aliphatic carbocycles. The second-order valence-electron chi connectivity index (χ2n) is 8.87. The lowest BCUT2D eigenvalue weighted by atomic mass is 9.71. The fourth-order valence-electron chi connectivity index (χ4n) is 4.79. The van der Waals surface area contributed by atoms with Crippen molar-refractivity contribution < 1.29 is 0 Å². The first kappa shape index (κ1) is 14.8. The van der Waals surface area contributed by atoms with Crippen LogP contribution in [0.3, 0.4) is 0 Å². The van der Waals surface area contributed by atoms with Crippen LogP contribution < -0.4 is 0 Å². The van der Waals surface area contributed by atoms with Crippen LogP contribution in [0.4, 0.5) is 0 Å². The third kappa shape index (κ3) is 3.06. The molecule has 2 nitrogen and oxygen atoms in total. The molecule has 0 atom stereocenters. The molecule has 2 saturated heterocycles. The van der Waals surface area contributed by atoms with Crippen molar-refractivity contribution in [2.24, 2.45) is 16.7 Å². The first-order valence-corrected chi connectivity index (χ1v) is 8.89. The van der Waals surface area contributed by atoms with Gasteiger partial charge in [-0.2, -0.15) is 0 Å². The molecule has 2 aliphatic heterocycles. The van der Waals surface area contributed by atoms with Crippen molar-refractivity contribution in [3.8, 4) is 0 Å². The molecule has 0 unspecified atom stereocenters. The Balaban J connectivity index is 1.43. The van der Waals surface area contributed by atoms with Gasteiger partial charge in [0.25, 0.3) is 0 Å². The summed E-state index contributed by atoms with van der Waals surface area (Å²) >= 11 is 0. The Morgan fingerprint density at radius 1 is 0.900 bits per heavy atom. The van der Waals surface area contributed by atoms with E-state index in [-0.39, 0.29) is 0 Å². The van der Waals surface area contributed by atoms with E-state index in [0.29, 0.717) is 5.41 Å². The van der Waals surface area contributed by atoms with Crippen LogP contribution >= 0.6 is 0 Å². The number of piperidine rings is 1. The van der Waals surface area contributed by atoms with Gasteiger partial charge in [0.1, 0.15) is 0 Å². The molecule has 3 fully saturated rings. The zero-order chi connectivity index (χ0) is 14.4. The van der Waals surface area contributed by atoms with E-state index >= 15 is 0 Å². The highest BCUT2D eigenvalue weighted by Crippen LogP contribution is 2.53. The predicted octanol–water partition coefficient (Wildman–Crippen LogP) is 3.62. The van der Waals surface area contributed by atoms with Gasteiger partial charge in [-0.3, -0.25) is 0 Å². The number of likely N-dealkylation sites (tertiary alicyclic amines) is 2. The lowest BCUT2D eigenvalue weighted by Crippen LogP contribution is -2.61. The average Bonchev–Trinajstić information content (AvgIpc) is 3.06. The Hall–Kier alpha value is -0.0800. The van der Waals surface area contributed by atoms with E-state index in [0.717, 1.165) is 17.4 Å². The normalized spacial score (nSPS) is 29.1. The summed E-state index contributed by atoms with van der Waals surface area (Å²) in [5, 5.41) is 0. The summed E-state index contributed by atoms with van der Waals surface area (Å²) in [4.78, 5) is 5.44. The molecule has 2 heterocycles. The monoisotopic (exact) mass is 278 g/mol. The molecule has 1 spiro atoms. The maximum atomic E-state index is 2.78. The van der Waals surface area contributed by atoms with Gasteiger partial charge in [0, 0.05) is 25.7 Å². The van der Waals surface area contributed by atoms with Crippen LogP contribution in [0.25, 0.3) is 0 Å². The molecule has 0 aromatic rings. The Labute approximate surface area is 125 Å². The third-order valence-electron chi connectivity index (χ3n) is 6.06. The smallest absolute Gasteiger partial charge is 0.00517 e. The van der Waals surface area contributed by atoms with Crippen LogP contribution in [-0.2, 0) is 0 Å². The highest BCUT2D eigenvalue weighted by molar-refractivity contribution is 5.03. The minimum Gasteiger partial charge on any atom is -0.302 e. The van der Waals surface area contributed by atoms with Crippen LogP contribution in [0.15, 0.2) is 0 Å². The van der Waals surface area contributed by atoms with Crippen molar-refractivity contribution in [1.29, 1.82) is 0 Å². The molecule has 116 valence electrons. The molecule has 3 aliphatic rings. The van der Waals surface area contributed by atoms with Gasteiger partial charge in [-0.15, -0.1) is 0 Å². The SMILES string of the molecule is CC(C)CC1(CN2CC3(CCN(C(C)C)CC3)C2)CC1. The second kappa shape index (κ2) is 5.28. The number of nitrogens with zero attached hydrogens (tertiary/aromatic N) is 2. The van der Waals surface area contributed by atoms with Gasteiger partial charge in [-0.05, 0) is 75.8 Å².